The number of likely N-dealkylation sites (tertiary alicyclic amines) is 3. The lowest BCUT2D eigenvalue weighted by molar-refractivity contribution is -0.137. The van der Waals surface area contributed by atoms with Gasteiger partial charge in [-0.2, -0.15) is 13.2 Å². The summed E-state index contributed by atoms with van der Waals surface area (Å²) in [6.45, 7) is 11.5. The Hall–Kier alpha value is -2.69. The molecule has 5 rings (SSSR count). The van der Waals surface area contributed by atoms with Gasteiger partial charge in [0.25, 0.3) is 5.91 Å². The summed E-state index contributed by atoms with van der Waals surface area (Å²) in [5, 5.41) is 0. The minimum absolute atomic E-state index is 0.0304. The Morgan fingerprint density at radius 1 is 1.10 bits per heavy atom. The molecule has 7 nitrogen and oxygen atoms in total. The van der Waals surface area contributed by atoms with E-state index in [0.717, 1.165) is 69.0 Å². The highest BCUT2D eigenvalue weighted by molar-refractivity contribution is 5.93. The first-order valence-corrected chi connectivity index (χ1v) is 14.1. The molecule has 4 heterocycles. The number of aromatic nitrogens is 1. The van der Waals surface area contributed by atoms with E-state index in [1.165, 1.54) is 17.2 Å². The highest BCUT2D eigenvalue weighted by Crippen LogP contribution is 2.39. The average Bonchev–Trinajstić information content (AvgIpc) is 3.68. The molecule has 1 aromatic heterocycles. The quantitative estimate of drug-likeness (QED) is 0.408. The zero-order valence-corrected chi connectivity index (χ0v) is 23.7. The maximum atomic E-state index is 13.0. The van der Waals surface area contributed by atoms with Gasteiger partial charge in [0.15, 0.2) is 0 Å². The van der Waals surface area contributed by atoms with E-state index in [-0.39, 0.29) is 29.7 Å². The third-order valence-electron chi connectivity index (χ3n) is 9.02. The molecule has 4 atom stereocenters. The molecule has 0 unspecified atom stereocenters. The second-order valence-corrected chi connectivity index (χ2v) is 11.4. The number of piperazine rings is 1. The van der Waals surface area contributed by atoms with E-state index < -0.39 is 11.7 Å². The van der Waals surface area contributed by atoms with Crippen molar-refractivity contribution in [2.24, 2.45) is 0 Å². The lowest BCUT2D eigenvalue weighted by Crippen LogP contribution is -2.49. The van der Waals surface area contributed by atoms with Crippen LogP contribution in [0.25, 0.3) is 0 Å². The summed E-state index contributed by atoms with van der Waals surface area (Å²) in [6.07, 6.45) is -0.455. The van der Waals surface area contributed by atoms with Crippen LogP contribution in [0.5, 0.6) is 5.75 Å². The molecule has 1 amide bonds. The number of rotatable bonds is 9. The molecule has 1 aromatic carbocycles. The van der Waals surface area contributed by atoms with Crippen molar-refractivity contribution >= 4 is 5.91 Å². The predicted molar refractivity (Wildman–Crippen MR) is 145 cm³/mol. The van der Waals surface area contributed by atoms with Crippen LogP contribution in [0.15, 0.2) is 30.5 Å². The van der Waals surface area contributed by atoms with Gasteiger partial charge in [0, 0.05) is 64.2 Å². The molecular weight excluding hydrogens is 521 g/mol. The molecule has 40 heavy (non-hydrogen) atoms. The Labute approximate surface area is 234 Å². The third kappa shape index (κ3) is 5.85. The summed E-state index contributed by atoms with van der Waals surface area (Å²) in [5.41, 5.74) is 2.83. The Morgan fingerprint density at radius 3 is 2.52 bits per heavy atom. The Morgan fingerprint density at radius 2 is 1.90 bits per heavy atom. The molecule has 2 aromatic rings. The summed E-state index contributed by atoms with van der Waals surface area (Å²) in [5.74, 6) is 0.624. The van der Waals surface area contributed by atoms with Gasteiger partial charge in [0.2, 0.25) is 0 Å². The highest BCUT2D eigenvalue weighted by Gasteiger charge is 2.47. The van der Waals surface area contributed by atoms with Gasteiger partial charge in [-0.3, -0.25) is 14.7 Å². The second kappa shape index (κ2) is 11.7. The minimum atomic E-state index is -4.47. The molecule has 3 saturated heterocycles. The molecule has 3 aliphatic rings. The van der Waals surface area contributed by atoms with E-state index in [0.29, 0.717) is 19.3 Å². The number of amides is 1. The molecule has 10 heteroatoms. The zero-order chi connectivity index (χ0) is 28.6. The first-order chi connectivity index (χ1) is 19.1. The predicted octanol–water partition coefficient (Wildman–Crippen LogP) is 4.87. The van der Waals surface area contributed by atoms with Gasteiger partial charge in [-0.1, -0.05) is 6.07 Å². The molecular formula is C30H39F3N4O3. The number of pyridine rings is 1. The number of methoxy groups -OCH3 is 1. The molecule has 3 fully saturated rings. The van der Waals surface area contributed by atoms with Gasteiger partial charge >= 0.3 is 6.18 Å². The lowest BCUT2D eigenvalue weighted by Gasteiger charge is -2.38. The van der Waals surface area contributed by atoms with E-state index in [1.807, 2.05) is 0 Å². The summed E-state index contributed by atoms with van der Waals surface area (Å²) in [7, 11) is 1.78. The van der Waals surface area contributed by atoms with E-state index in [4.69, 9.17) is 9.47 Å². The Balaban J connectivity index is 1.15. The van der Waals surface area contributed by atoms with E-state index in [1.54, 1.807) is 12.0 Å². The third-order valence-corrected chi connectivity index (χ3v) is 9.02. The normalized spacial score (nSPS) is 24.2. The van der Waals surface area contributed by atoms with Crippen LogP contribution < -0.4 is 4.74 Å². The molecule has 0 saturated carbocycles. The number of alkyl halides is 3. The van der Waals surface area contributed by atoms with Crippen LogP contribution in [0.1, 0.15) is 65.0 Å². The van der Waals surface area contributed by atoms with Crippen molar-refractivity contribution in [1.29, 1.82) is 0 Å². The molecule has 0 spiro atoms. The molecule has 0 radical (unpaired) electrons. The van der Waals surface area contributed by atoms with Crippen molar-refractivity contribution in [3.8, 4) is 5.75 Å². The maximum Gasteiger partial charge on any atom is 0.417 e. The first-order valence-electron chi connectivity index (χ1n) is 14.1. The molecule has 0 aliphatic carbocycles. The SMILES string of the molecule is CO[C@@H]1CCN(CCCOc2ccc([C@H](C)N3C[C@H]4C[C@@H]3CN4C(=O)c3ccc(C(F)(F)F)cn3)c(C)c2C)C1. The number of hydrogen-bond donors (Lipinski definition) is 0. The van der Waals surface area contributed by atoms with E-state index in [2.05, 4.69) is 47.7 Å². The number of halogens is 3. The van der Waals surface area contributed by atoms with Crippen molar-refractivity contribution in [1.82, 2.24) is 19.7 Å². The monoisotopic (exact) mass is 560 g/mol. The molecule has 2 bridgehead atoms. The Bertz CT molecular complexity index is 1210. The van der Waals surface area contributed by atoms with Gasteiger partial charge in [-0.25, -0.2) is 0 Å². The summed E-state index contributed by atoms with van der Waals surface area (Å²) in [4.78, 5) is 23.5. The molecule has 218 valence electrons. The minimum Gasteiger partial charge on any atom is -0.493 e. The molecule has 0 N–H and O–H groups in total. The zero-order valence-electron chi connectivity index (χ0n) is 23.7. The highest BCUT2D eigenvalue weighted by atomic mass is 19.4. The average molecular weight is 561 g/mol. The number of ether oxygens (including phenoxy) is 2. The smallest absolute Gasteiger partial charge is 0.417 e. The van der Waals surface area contributed by atoms with Crippen LogP contribution >= 0.6 is 0 Å². The van der Waals surface area contributed by atoms with Crippen molar-refractivity contribution in [3.63, 3.8) is 0 Å². The fourth-order valence-electron chi connectivity index (χ4n) is 6.52. The number of carbonyl (C=O) groups excluding carboxylic acids is 1. The number of carbonyl (C=O) groups is 1. The van der Waals surface area contributed by atoms with Crippen molar-refractivity contribution in [3.05, 3.63) is 58.4 Å². The van der Waals surface area contributed by atoms with Gasteiger partial charge in [-0.15, -0.1) is 0 Å². The maximum absolute atomic E-state index is 13.0. The lowest BCUT2D eigenvalue weighted by atomic mass is 9.96. The van der Waals surface area contributed by atoms with Gasteiger partial charge in [-0.05, 0) is 74.9 Å². The van der Waals surface area contributed by atoms with Gasteiger partial charge < -0.3 is 19.3 Å². The standard InChI is InChI=1S/C30H39F3N4O3/c1-19-20(2)28(40-13-5-11-35-12-10-25(18-35)39-4)9-7-26(19)21(3)36-16-24-14-23(36)17-37(24)29(38)27-8-6-22(15-34-27)30(31,32)33/h6-9,15,21,23-25H,5,10-14,16-18H2,1-4H3/t21-,23+,24+,25+/m0/s1. The van der Waals surface area contributed by atoms with Gasteiger partial charge in [0.05, 0.1) is 18.3 Å². The fraction of sp³-hybridized carbons (Fsp3) is 0.600. The Kier molecular flexibility index (Phi) is 8.40. The largest absolute Gasteiger partial charge is 0.493 e. The number of benzene rings is 1. The van der Waals surface area contributed by atoms with Crippen molar-refractivity contribution in [2.45, 2.75) is 70.4 Å². The van der Waals surface area contributed by atoms with Crippen LogP contribution in [-0.2, 0) is 10.9 Å². The van der Waals surface area contributed by atoms with Crippen molar-refractivity contribution < 1.29 is 27.4 Å². The van der Waals surface area contributed by atoms with Crippen LogP contribution in [0.4, 0.5) is 13.2 Å². The van der Waals surface area contributed by atoms with E-state index in [9.17, 15) is 18.0 Å². The van der Waals surface area contributed by atoms with Crippen molar-refractivity contribution in [2.75, 3.05) is 46.4 Å². The van der Waals surface area contributed by atoms with Crippen LogP contribution in [-0.4, -0.2) is 90.2 Å². The molecule has 3 aliphatic heterocycles. The summed E-state index contributed by atoms with van der Waals surface area (Å²) < 4.78 is 50.2. The van der Waals surface area contributed by atoms with Crippen LogP contribution in [0.2, 0.25) is 0 Å². The summed E-state index contributed by atoms with van der Waals surface area (Å²) in [6, 6.07) is 6.74. The first kappa shape index (κ1) is 28.8. The van der Waals surface area contributed by atoms with Gasteiger partial charge in [0.1, 0.15) is 11.4 Å². The number of fused-ring (bicyclic) bond motifs is 2. The van der Waals surface area contributed by atoms with Crippen LogP contribution in [0, 0.1) is 13.8 Å². The fourth-order valence-corrected chi connectivity index (χ4v) is 6.52. The second-order valence-electron chi connectivity index (χ2n) is 11.4. The summed E-state index contributed by atoms with van der Waals surface area (Å²) >= 11 is 0. The topological polar surface area (TPSA) is 58.1 Å². The number of hydrogen-bond acceptors (Lipinski definition) is 6. The van der Waals surface area contributed by atoms with E-state index >= 15 is 0 Å². The van der Waals surface area contributed by atoms with Crippen LogP contribution in [0.3, 0.4) is 0 Å². The number of nitrogens with zero attached hydrogens (tertiary/aromatic N) is 4.